The Bertz CT molecular complexity index is 276. The predicted molar refractivity (Wildman–Crippen MR) is 58.2 cm³/mol. The molecule has 0 fully saturated rings. The molecular formula is C11H15ClO2. The van der Waals surface area contributed by atoms with Gasteiger partial charge >= 0.3 is 0 Å². The summed E-state index contributed by atoms with van der Waals surface area (Å²) in [4.78, 5) is 0. The molecule has 3 heteroatoms. The second-order valence-electron chi connectivity index (χ2n) is 3.19. The van der Waals surface area contributed by atoms with E-state index in [9.17, 15) is 0 Å². The molecule has 1 aromatic carbocycles. The molecule has 0 aliphatic rings. The summed E-state index contributed by atoms with van der Waals surface area (Å²) < 4.78 is 5.38. The average molecular weight is 215 g/mol. The van der Waals surface area contributed by atoms with Crippen molar-refractivity contribution >= 4 is 11.6 Å². The van der Waals surface area contributed by atoms with Gasteiger partial charge in [-0.25, -0.2) is 0 Å². The number of rotatable bonds is 5. The Morgan fingerprint density at radius 1 is 1.50 bits per heavy atom. The first-order valence-corrected chi connectivity index (χ1v) is 5.21. The first-order valence-electron chi connectivity index (χ1n) is 4.67. The van der Waals surface area contributed by atoms with Gasteiger partial charge in [-0.3, -0.25) is 0 Å². The zero-order chi connectivity index (χ0) is 10.4. The summed E-state index contributed by atoms with van der Waals surface area (Å²) in [6, 6.07) is 7.73. The average Bonchev–Trinajstić information content (AvgIpc) is 2.25. The number of alkyl halides is 1. The first-order chi connectivity index (χ1) is 6.77. The van der Waals surface area contributed by atoms with Crippen molar-refractivity contribution in [3.05, 3.63) is 29.8 Å². The first kappa shape index (κ1) is 11.3. The highest BCUT2D eigenvalue weighted by Crippen LogP contribution is 2.20. The van der Waals surface area contributed by atoms with Crippen LogP contribution in [0.1, 0.15) is 18.4 Å². The molecule has 78 valence electrons. The van der Waals surface area contributed by atoms with Crippen molar-refractivity contribution in [1.29, 1.82) is 0 Å². The predicted octanol–water partition coefficient (Wildman–Crippen LogP) is 2.40. The molecule has 14 heavy (non-hydrogen) atoms. The zero-order valence-corrected chi connectivity index (χ0v) is 9.00. The standard InChI is InChI=1S/C11H15ClO2/c1-9(8-13)10-3-2-4-11(7-10)14-6-5-12/h2-4,7,9,13H,5-6,8H2,1H3. The Morgan fingerprint density at radius 3 is 2.93 bits per heavy atom. The van der Waals surface area contributed by atoms with Gasteiger partial charge in [0, 0.05) is 12.5 Å². The highest BCUT2D eigenvalue weighted by molar-refractivity contribution is 6.17. The van der Waals surface area contributed by atoms with Crippen LogP contribution in [-0.4, -0.2) is 24.2 Å². The lowest BCUT2D eigenvalue weighted by molar-refractivity contribution is 0.272. The van der Waals surface area contributed by atoms with E-state index >= 15 is 0 Å². The molecule has 0 aromatic heterocycles. The van der Waals surface area contributed by atoms with Crippen LogP contribution in [0.5, 0.6) is 5.75 Å². The fourth-order valence-corrected chi connectivity index (χ4v) is 1.25. The normalized spacial score (nSPS) is 12.5. The van der Waals surface area contributed by atoms with Crippen LogP contribution >= 0.6 is 11.6 Å². The largest absolute Gasteiger partial charge is 0.492 e. The van der Waals surface area contributed by atoms with Crippen molar-refractivity contribution in [1.82, 2.24) is 0 Å². The molecule has 0 saturated heterocycles. The van der Waals surface area contributed by atoms with E-state index in [1.54, 1.807) is 0 Å². The van der Waals surface area contributed by atoms with E-state index < -0.39 is 0 Å². The second-order valence-corrected chi connectivity index (χ2v) is 3.57. The van der Waals surface area contributed by atoms with Crippen molar-refractivity contribution < 1.29 is 9.84 Å². The van der Waals surface area contributed by atoms with Gasteiger partial charge in [0.1, 0.15) is 12.4 Å². The molecule has 0 saturated carbocycles. The fraction of sp³-hybridized carbons (Fsp3) is 0.455. The van der Waals surface area contributed by atoms with Crippen LogP contribution in [0.25, 0.3) is 0 Å². The monoisotopic (exact) mass is 214 g/mol. The second kappa shape index (κ2) is 5.89. The van der Waals surface area contributed by atoms with Crippen molar-refractivity contribution in [2.24, 2.45) is 0 Å². The Hall–Kier alpha value is -0.730. The lowest BCUT2D eigenvalue weighted by Crippen LogP contribution is -2.01. The molecule has 0 bridgehead atoms. The lowest BCUT2D eigenvalue weighted by atomic mass is 10.0. The number of hydrogen-bond donors (Lipinski definition) is 1. The maximum Gasteiger partial charge on any atom is 0.119 e. The minimum absolute atomic E-state index is 0.148. The molecule has 0 spiro atoms. The minimum atomic E-state index is 0.148. The SMILES string of the molecule is CC(CO)c1cccc(OCCCl)c1. The van der Waals surface area contributed by atoms with Crippen LogP contribution in [-0.2, 0) is 0 Å². The molecule has 1 atom stereocenters. The summed E-state index contributed by atoms with van der Waals surface area (Å²) in [6.45, 7) is 2.64. The third-order valence-corrected chi connectivity index (χ3v) is 2.20. The quantitative estimate of drug-likeness (QED) is 0.763. The molecule has 0 aliphatic carbocycles. The molecule has 1 aromatic rings. The van der Waals surface area contributed by atoms with Gasteiger partial charge in [0.15, 0.2) is 0 Å². The maximum atomic E-state index is 8.99. The van der Waals surface area contributed by atoms with Crippen LogP contribution in [0.15, 0.2) is 24.3 Å². The zero-order valence-electron chi connectivity index (χ0n) is 8.24. The number of halogens is 1. The lowest BCUT2D eigenvalue weighted by Gasteiger charge is -2.10. The number of hydrogen-bond acceptors (Lipinski definition) is 2. The molecule has 1 unspecified atom stereocenters. The highest BCUT2D eigenvalue weighted by atomic mass is 35.5. The van der Waals surface area contributed by atoms with Gasteiger partial charge in [-0.15, -0.1) is 11.6 Å². The van der Waals surface area contributed by atoms with E-state index in [2.05, 4.69) is 0 Å². The van der Waals surface area contributed by atoms with Crippen molar-refractivity contribution in [3.63, 3.8) is 0 Å². The molecule has 1 N–H and O–H groups in total. The van der Waals surface area contributed by atoms with Gasteiger partial charge < -0.3 is 9.84 Å². The molecule has 0 aliphatic heterocycles. The van der Waals surface area contributed by atoms with Crippen LogP contribution in [0, 0.1) is 0 Å². The Kier molecular flexibility index (Phi) is 4.77. The van der Waals surface area contributed by atoms with Gasteiger partial charge in [-0.1, -0.05) is 19.1 Å². The smallest absolute Gasteiger partial charge is 0.119 e. The number of aliphatic hydroxyl groups is 1. The Balaban J connectivity index is 2.68. The molecule has 0 radical (unpaired) electrons. The Morgan fingerprint density at radius 2 is 2.29 bits per heavy atom. The van der Waals surface area contributed by atoms with E-state index in [-0.39, 0.29) is 12.5 Å². The Labute approximate surface area is 89.5 Å². The number of ether oxygens (including phenoxy) is 1. The van der Waals surface area contributed by atoms with Gasteiger partial charge in [-0.05, 0) is 17.7 Å². The van der Waals surface area contributed by atoms with E-state index in [0.29, 0.717) is 12.5 Å². The summed E-state index contributed by atoms with van der Waals surface area (Å²) >= 11 is 5.52. The van der Waals surface area contributed by atoms with E-state index in [0.717, 1.165) is 11.3 Å². The topological polar surface area (TPSA) is 29.5 Å². The van der Waals surface area contributed by atoms with Gasteiger partial charge in [0.2, 0.25) is 0 Å². The van der Waals surface area contributed by atoms with Crippen LogP contribution in [0.4, 0.5) is 0 Å². The molecular weight excluding hydrogens is 200 g/mol. The van der Waals surface area contributed by atoms with Crippen LogP contribution < -0.4 is 4.74 Å². The van der Waals surface area contributed by atoms with Gasteiger partial charge in [0.25, 0.3) is 0 Å². The third-order valence-electron chi connectivity index (χ3n) is 2.05. The van der Waals surface area contributed by atoms with Crippen molar-refractivity contribution in [2.45, 2.75) is 12.8 Å². The summed E-state index contributed by atoms with van der Waals surface area (Å²) in [5.41, 5.74) is 1.08. The molecule has 1 rings (SSSR count). The molecule has 0 amide bonds. The molecule has 0 heterocycles. The summed E-state index contributed by atoms with van der Waals surface area (Å²) in [5.74, 6) is 1.44. The van der Waals surface area contributed by atoms with E-state index in [1.165, 1.54) is 0 Å². The minimum Gasteiger partial charge on any atom is -0.492 e. The van der Waals surface area contributed by atoms with E-state index in [1.807, 2.05) is 31.2 Å². The highest BCUT2D eigenvalue weighted by Gasteiger charge is 2.04. The van der Waals surface area contributed by atoms with E-state index in [4.69, 9.17) is 21.4 Å². The molecule has 2 nitrogen and oxygen atoms in total. The van der Waals surface area contributed by atoms with Gasteiger partial charge in [-0.2, -0.15) is 0 Å². The summed E-state index contributed by atoms with van der Waals surface area (Å²) in [5, 5.41) is 8.99. The van der Waals surface area contributed by atoms with Gasteiger partial charge in [0.05, 0.1) is 5.88 Å². The van der Waals surface area contributed by atoms with Crippen LogP contribution in [0.3, 0.4) is 0 Å². The number of benzene rings is 1. The fourth-order valence-electron chi connectivity index (χ4n) is 1.17. The third kappa shape index (κ3) is 3.20. The van der Waals surface area contributed by atoms with Crippen LogP contribution in [0.2, 0.25) is 0 Å². The summed E-state index contributed by atoms with van der Waals surface area (Å²) in [6.07, 6.45) is 0. The van der Waals surface area contributed by atoms with Crippen molar-refractivity contribution in [2.75, 3.05) is 19.1 Å². The maximum absolute atomic E-state index is 8.99. The van der Waals surface area contributed by atoms with Crippen molar-refractivity contribution in [3.8, 4) is 5.75 Å². The number of aliphatic hydroxyl groups excluding tert-OH is 1. The summed E-state index contributed by atoms with van der Waals surface area (Å²) in [7, 11) is 0.